The van der Waals surface area contributed by atoms with Crippen LogP contribution in [0.1, 0.15) is 20.7 Å². The average molecular weight is 501 g/mol. The summed E-state index contributed by atoms with van der Waals surface area (Å²) in [5.74, 6) is -1.34. The van der Waals surface area contributed by atoms with E-state index >= 15 is 0 Å². The highest BCUT2D eigenvalue weighted by atomic mass is 16.3. The zero-order valence-electron chi connectivity index (χ0n) is 20.3. The van der Waals surface area contributed by atoms with Gasteiger partial charge in [-0.1, -0.05) is 97.1 Å². The molecule has 0 fully saturated rings. The molecule has 38 heavy (non-hydrogen) atoms. The highest BCUT2D eigenvalue weighted by molar-refractivity contribution is 6.12. The summed E-state index contributed by atoms with van der Waals surface area (Å²) < 4.78 is 0. The van der Waals surface area contributed by atoms with Crippen LogP contribution in [0.4, 0.5) is 11.4 Å². The molecule has 0 heterocycles. The van der Waals surface area contributed by atoms with Gasteiger partial charge in [0, 0.05) is 11.1 Å². The third-order valence-corrected chi connectivity index (χ3v) is 6.15. The van der Waals surface area contributed by atoms with Crippen molar-refractivity contribution in [2.45, 2.75) is 0 Å². The summed E-state index contributed by atoms with van der Waals surface area (Å²) in [4.78, 5) is 26.3. The molecule has 4 N–H and O–H groups in total. The first kappa shape index (κ1) is 24.3. The Hall–Kier alpha value is -5.36. The predicted octanol–water partition coefficient (Wildman–Crippen LogP) is 6.94. The molecule has 5 rings (SSSR count). The number of para-hydroxylation sites is 4. The van der Waals surface area contributed by atoms with Crippen LogP contribution in [0.2, 0.25) is 0 Å². The van der Waals surface area contributed by atoms with Gasteiger partial charge in [0.05, 0.1) is 22.5 Å². The van der Waals surface area contributed by atoms with Crippen molar-refractivity contribution < 1.29 is 19.8 Å². The van der Waals surface area contributed by atoms with Gasteiger partial charge >= 0.3 is 0 Å². The van der Waals surface area contributed by atoms with Crippen LogP contribution < -0.4 is 10.6 Å². The summed E-state index contributed by atoms with van der Waals surface area (Å²) in [6.45, 7) is 0. The number of carbonyl (C=O) groups is 2. The maximum Gasteiger partial charge on any atom is 0.259 e. The number of hydrogen-bond donors (Lipinski definition) is 4. The van der Waals surface area contributed by atoms with Crippen LogP contribution >= 0.6 is 0 Å². The molecule has 0 aliphatic heterocycles. The summed E-state index contributed by atoms with van der Waals surface area (Å²) in [5, 5.41) is 27.3. The topological polar surface area (TPSA) is 98.7 Å². The summed E-state index contributed by atoms with van der Waals surface area (Å²) >= 11 is 0. The van der Waals surface area contributed by atoms with Gasteiger partial charge in [-0.25, -0.2) is 0 Å². The first-order chi connectivity index (χ1) is 18.5. The molecule has 2 amide bonds. The minimum Gasteiger partial charge on any atom is -0.506 e. The van der Waals surface area contributed by atoms with Gasteiger partial charge in [-0.3, -0.25) is 9.59 Å². The van der Waals surface area contributed by atoms with Gasteiger partial charge in [-0.15, -0.1) is 0 Å². The highest BCUT2D eigenvalue weighted by Gasteiger charge is 2.19. The van der Waals surface area contributed by atoms with Crippen LogP contribution in [0.25, 0.3) is 22.3 Å². The molecule has 0 spiro atoms. The number of carbonyl (C=O) groups excluding carboxylic acids is 2. The molecule has 0 aromatic heterocycles. The van der Waals surface area contributed by atoms with Crippen molar-refractivity contribution in [3.05, 3.63) is 132 Å². The summed E-state index contributed by atoms with van der Waals surface area (Å²) in [5.41, 5.74) is 3.52. The standard InChI is InChI=1S/C32H24N2O4/c35-29-23(21-11-3-1-4-12-21)15-9-17-25(29)31(37)33-27-19-7-8-20-28(27)34-32(38)26-18-10-16-24(30(26)36)22-13-5-2-6-14-22/h1-20,35-36H,(H,33,37)(H,34,38). The third kappa shape index (κ3) is 4.96. The zero-order chi connectivity index (χ0) is 26.5. The largest absolute Gasteiger partial charge is 0.506 e. The fourth-order valence-corrected chi connectivity index (χ4v) is 4.24. The van der Waals surface area contributed by atoms with Crippen molar-refractivity contribution in [1.82, 2.24) is 0 Å². The lowest BCUT2D eigenvalue weighted by Gasteiger charge is -2.15. The molecule has 6 nitrogen and oxygen atoms in total. The number of phenolic OH excluding ortho intramolecular Hbond substituents is 2. The summed E-state index contributed by atoms with van der Waals surface area (Å²) in [6, 6.07) is 35.3. The van der Waals surface area contributed by atoms with Crippen LogP contribution in [0.5, 0.6) is 11.5 Å². The molecular formula is C32H24N2O4. The van der Waals surface area contributed by atoms with Crippen molar-refractivity contribution in [2.24, 2.45) is 0 Å². The first-order valence-corrected chi connectivity index (χ1v) is 12.0. The molecule has 5 aromatic rings. The lowest BCUT2D eigenvalue weighted by Crippen LogP contribution is -2.17. The van der Waals surface area contributed by atoms with Crippen molar-refractivity contribution in [3.8, 4) is 33.8 Å². The molecule has 0 aliphatic carbocycles. The molecule has 186 valence electrons. The second-order valence-electron chi connectivity index (χ2n) is 8.59. The van der Waals surface area contributed by atoms with Crippen LogP contribution in [-0.2, 0) is 0 Å². The van der Waals surface area contributed by atoms with E-state index in [1.165, 1.54) is 12.1 Å². The quantitative estimate of drug-likeness (QED) is 0.203. The number of anilines is 2. The van der Waals surface area contributed by atoms with Crippen molar-refractivity contribution in [2.75, 3.05) is 10.6 Å². The SMILES string of the molecule is O=C(Nc1ccccc1NC(=O)c1cccc(-c2ccccc2)c1O)c1cccc(-c2ccccc2)c1O. The monoisotopic (exact) mass is 500 g/mol. The number of nitrogens with one attached hydrogen (secondary N) is 2. The molecular weight excluding hydrogens is 476 g/mol. The number of hydrogen-bond acceptors (Lipinski definition) is 4. The lowest BCUT2D eigenvalue weighted by molar-refractivity contribution is 0.101. The fourth-order valence-electron chi connectivity index (χ4n) is 4.24. The molecule has 0 saturated carbocycles. The van der Waals surface area contributed by atoms with E-state index in [-0.39, 0.29) is 22.6 Å². The van der Waals surface area contributed by atoms with Gasteiger partial charge in [0.2, 0.25) is 0 Å². The van der Waals surface area contributed by atoms with Gasteiger partial charge in [0.15, 0.2) is 0 Å². The van der Waals surface area contributed by atoms with Gasteiger partial charge in [0.25, 0.3) is 11.8 Å². The molecule has 0 atom stereocenters. The highest BCUT2D eigenvalue weighted by Crippen LogP contribution is 2.34. The van der Waals surface area contributed by atoms with Gasteiger partial charge < -0.3 is 20.8 Å². The Kier molecular flexibility index (Phi) is 6.87. The van der Waals surface area contributed by atoms with Crippen LogP contribution in [0.3, 0.4) is 0 Å². The molecule has 0 unspecified atom stereocenters. The second kappa shape index (κ2) is 10.7. The van der Waals surface area contributed by atoms with E-state index in [4.69, 9.17) is 0 Å². The Bertz CT molecular complexity index is 1490. The number of phenols is 2. The average Bonchev–Trinajstić information content (AvgIpc) is 2.95. The zero-order valence-corrected chi connectivity index (χ0v) is 20.3. The lowest BCUT2D eigenvalue weighted by atomic mass is 10.0. The molecule has 0 saturated heterocycles. The fraction of sp³-hybridized carbons (Fsp3) is 0. The molecule has 0 bridgehead atoms. The smallest absolute Gasteiger partial charge is 0.259 e. The number of aromatic hydroxyl groups is 2. The van der Waals surface area contributed by atoms with Gasteiger partial charge in [0.1, 0.15) is 11.5 Å². The molecule has 6 heteroatoms. The van der Waals surface area contributed by atoms with E-state index in [2.05, 4.69) is 10.6 Å². The van der Waals surface area contributed by atoms with E-state index in [0.717, 1.165) is 11.1 Å². The third-order valence-electron chi connectivity index (χ3n) is 6.15. The van der Waals surface area contributed by atoms with Crippen molar-refractivity contribution in [1.29, 1.82) is 0 Å². The van der Waals surface area contributed by atoms with E-state index in [1.54, 1.807) is 48.5 Å². The Labute approximate surface area is 219 Å². The van der Waals surface area contributed by atoms with Crippen LogP contribution in [0.15, 0.2) is 121 Å². The molecule has 0 radical (unpaired) electrons. The van der Waals surface area contributed by atoms with E-state index in [9.17, 15) is 19.8 Å². The van der Waals surface area contributed by atoms with Gasteiger partial charge in [-0.2, -0.15) is 0 Å². The summed E-state index contributed by atoms with van der Waals surface area (Å²) in [7, 11) is 0. The number of amides is 2. The summed E-state index contributed by atoms with van der Waals surface area (Å²) in [6.07, 6.45) is 0. The van der Waals surface area contributed by atoms with Crippen molar-refractivity contribution in [3.63, 3.8) is 0 Å². The predicted molar refractivity (Wildman–Crippen MR) is 149 cm³/mol. The maximum absolute atomic E-state index is 13.2. The second-order valence-corrected chi connectivity index (χ2v) is 8.59. The van der Waals surface area contributed by atoms with E-state index in [0.29, 0.717) is 22.5 Å². The minimum atomic E-state index is -0.532. The first-order valence-electron chi connectivity index (χ1n) is 12.0. The van der Waals surface area contributed by atoms with Crippen molar-refractivity contribution >= 4 is 23.2 Å². The Morgan fingerprint density at radius 1 is 0.447 bits per heavy atom. The molecule has 0 aliphatic rings. The van der Waals surface area contributed by atoms with Crippen LogP contribution in [0, 0.1) is 0 Å². The Morgan fingerprint density at radius 3 is 1.21 bits per heavy atom. The number of rotatable bonds is 6. The molecule has 5 aromatic carbocycles. The van der Waals surface area contributed by atoms with Gasteiger partial charge in [-0.05, 0) is 35.4 Å². The number of benzene rings is 5. The Balaban J connectivity index is 1.39. The Morgan fingerprint density at radius 2 is 0.816 bits per heavy atom. The van der Waals surface area contributed by atoms with E-state index in [1.807, 2.05) is 60.7 Å². The maximum atomic E-state index is 13.2. The van der Waals surface area contributed by atoms with Crippen LogP contribution in [-0.4, -0.2) is 22.0 Å². The normalized spacial score (nSPS) is 10.5. The minimum absolute atomic E-state index is 0.0979. The van der Waals surface area contributed by atoms with E-state index < -0.39 is 11.8 Å².